The quantitative estimate of drug-likeness (QED) is 0.634. The molecule has 2 fully saturated rings. The van der Waals surface area contributed by atoms with Gasteiger partial charge in [-0.3, -0.25) is 14.4 Å². The van der Waals surface area contributed by atoms with E-state index in [9.17, 15) is 14.4 Å². The maximum atomic E-state index is 12.9. The summed E-state index contributed by atoms with van der Waals surface area (Å²) in [6, 6.07) is 6.06. The topological polar surface area (TPSA) is 70.2 Å². The molecule has 2 aliphatic rings. The number of aryl methyl sites for hydroxylation is 2. The number of nitrogens with zero attached hydrogens (tertiary/aromatic N) is 3. The largest absolute Gasteiger partial charge is 0.493 e. The van der Waals surface area contributed by atoms with Crippen molar-refractivity contribution < 1.29 is 19.1 Å². The number of carbonyl (C=O) groups excluding carboxylic acids is 3. The number of likely N-dealkylation sites (tertiary alicyclic amines) is 1. The third kappa shape index (κ3) is 5.61. The molecule has 7 nitrogen and oxygen atoms in total. The van der Waals surface area contributed by atoms with Crippen molar-refractivity contribution in [3.63, 3.8) is 0 Å². The van der Waals surface area contributed by atoms with Crippen LogP contribution in [-0.2, 0) is 14.4 Å². The van der Waals surface area contributed by atoms with Gasteiger partial charge in [0.25, 0.3) is 0 Å². The van der Waals surface area contributed by atoms with Crippen LogP contribution in [0, 0.1) is 19.8 Å². The van der Waals surface area contributed by atoms with Crippen molar-refractivity contribution in [3.8, 4) is 5.75 Å². The van der Waals surface area contributed by atoms with Gasteiger partial charge in [0.1, 0.15) is 5.75 Å². The maximum absolute atomic E-state index is 12.9. The smallest absolute Gasteiger partial charge is 0.228 e. The first-order chi connectivity index (χ1) is 15.1. The van der Waals surface area contributed by atoms with Gasteiger partial charge in [-0.2, -0.15) is 0 Å². The summed E-state index contributed by atoms with van der Waals surface area (Å²) in [7, 11) is 0. The lowest BCUT2D eigenvalue weighted by molar-refractivity contribution is -0.142. The first-order valence-corrected chi connectivity index (χ1v) is 11.6. The van der Waals surface area contributed by atoms with Gasteiger partial charge in [0.2, 0.25) is 17.7 Å². The molecule has 2 aliphatic heterocycles. The zero-order chi connectivity index (χ0) is 23.5. The molecule has 176 valence electrons. The molecule has 1 aromatic rings. The highest BCUT2D eigenvalue weighted by molar-refractivity contribution is 5.89. The minimum atomic E-state index is -0.272. The van der Waals surface area contributed by atoms with Gasteiger partial charge in [0.15, 0.2) is 0 Å². The predicted molar refractivity (Wildman–Crippen MR) is 123 cm³/mol. The van der Waals surface area contributed by atoms with Crippen LogP contribution in [0.4, 0.5) is 0 Å². The Morgan fingerprint density at radius 3 is 2.19 bits per heavy atom. The van der Waals surface area contributed by atoms with Gasteiger partial charge >= 0.3 is 0 Å². The van der Waals surface area contributed by atoms with Crippen LogP contribution >= 0.6 is 0 Å². The molecule has 0 saturated carbocycles. The Labute approximate surface area is 191 Å². The lowest BCUT2D eigenvalue weighted by atomic mass is 10.1. The summed E-state index contributed by atoms with van der Waals surface area (Å²) >= 11 is 0. The first kappa shape index (κ1) is 24.1. The van der Waals surface area contributed by atoms with Crippen molar-refractivity contribution in [1.82, 2.24) is 14.7 Å². The fourth-order valence-corrected chi connectivity index (χ4v) is 4.54. The van der Waals surface area contributed by atoms with Crippen molar-refractivity contribution in [2.75, 3.05) is 39.3 Å². The standard InChI is InChI=1S/C25H37N3O4/c1-18-8-6-9-19(2)23(18)32-15-7-10-21(29)26-11-13-27(14-12-26)24(31)20-16-22(30)28(17-20)25(3,4)5/h6,8-9,20H,7,10-17H2,1-5H3. The number of carbonyl (C=O) groups is 3. The molecule has 1 atom stereocenters. The normalized spacial score (nSPS) is 19.5. The Balaban J connectivity index is 1.40. The predicted octanol–water partition coefficient (Wildman–Crippen LogP) is 2.78. The summed E-state index contributed by atoms with van der Waals surface area (Å²) in [6.45, 7) is 13.2. The molecule has 0 aliphatic carbocycles. The maximum Gasteiger partial charge on any atom is 0.228 e. The molecule has 3 amide bonds. The summed E-state index contributed by atoms with van der Waals surface area (Å²) in [6.07, 6.45) is 1.39. The number of hydrogen-bond donors (Lipinski definition) is 0. The van der Waals surface area contributed by atoms with E-state index in [4.69, 9.17) is 4.74 Å². The molecule has 32 heavy (non-hydrogen) atoms. The van der Waals surface area contributed by atoms with Crippen LogP contribution in [0.5, 0.6) is 5.75 Å². The van der Waals surface area contributed by atoms with E-state index in [0.29, 0.717) is 52.2 Å². The summed E-state index contributed by atoms with van der Waals surface area (Å²) in [4.78, 5) is 43.3. The Hall–Kier alpha value is -2.57. The second-order valence-corrected chi connectivity index (χ2v) is 9.96. The average molecular weight is 444 g/mol. The summed E-state index contributed by atoms with van der Waals surface area (Å²) < 4.78 is 5.90. The summed E-state index contributed by atoms with van der Waals surface area (Å²) in [5.41, 5.74) is 1.94. The fourth-order valence-electron chi connectivity index (χ4n) is 4.54. The highest BCUT2D eigenvalue weighted by Gasteiger charge is 2.41. The molecule has 0 bridgehead atoms. The van der Waals surface area contributed by atoms with Crippen LogP contribution in [0.3, 0.4) is 0 Å². The Kier molecular flexibility index (Phi) is 7.47. The number of piperazine rings is 1. The third-order valence-electron chi connectivity index (χ3n) is 6.42. The number of amides is 3. The van der Waals surface area contributed by atoms with Gasteiger partial charge in [-0.25, -0.2) is 0 Å². The van der Waals surface area contributed by atoms with Gasteiger partial charge in [-0.15, -0.1) is 0 Å². The lowest BCUT2D eigenvalue weighted by Crippen LogP contribution is -2.52. The van der Waals surface area contributed by atoms with E-state index in [0.717, 1.165) is 16.9 Å². The molecule has 0 spiro atoms. The summed E-state index contributed by atoms with van der Waals surface area (Å²) in [5.74, 6) is 0.831. The molecule has 1 unspecified atom stereocenters. The van der Waals surface area contributed by atoms with E-state index in [-0.39, 0.29) is 35.6 Å². The van der Waals surface area contributed by atoms with Crippen molar-refractivity contribution >= 4 is 17.7 Å². The van der Waals surface area contributed by atoms with E-state index in [2.05, 4.69) is 0 Å². The molecule has 2 saturated heterocycles. The second-order valence-electron chi connectivity index (χ2n) is 9.96. The SMILES string of the molecule is Cc1cccc(C)c1OCCCC(=O)N1CCN(C(=O)C2CC(=O)N(C(C)(C)C)C2)CC1. The monoisotopic (exact) mass is 443 g/mol. The van der Waals surface area contributed by atoms with E-state index in [1.165, 1.54) is 0 Å². The molecule has 0 N–H and O–H groups in total. The molecule has 1 aromatic carbocycles. The van der Waals surface area contributed by atoms with Crippen LogP contribution in [-0.4, -0.2) is 77.3 Å². The first-order valence-electron chi connectivity index (χ1n) is 11.6. The molecule has 7 heteroatoms. The molecule has 0 aromatic heterocycles. The number of para-hydroxylation sites is 1. The van der Waals surface area contributed by atoms with Crippen molar-refractivity contribution in [1.29, 1.82) is 0 Å². The number of rotatable bonds is 6. The minimum absolute atomic E-state index is 0.0409. The fraction of sp³-hybridized carbons (Fsp3) is 0.640. The van der Waals surface area contributed by atoms with E-state index < -0.39 is 0 Å². The minimum Gasteiger partial charge on any atom is -0.493 e. The molecule has 0 radical (unpaired) electrons. The van der Waals surface area contributed by atoms with Gasteiger partial charge in [0.05, 0.1) is 12.5 Å². The van der Waals surface area contributed by atoms with Crippen LogP contribution in [0.2, 0.25) is 0 Å². The van der Waals surface area contributed by atoms with Crippen LogP contribution < -0.4 is 4.74 Å². The number of benzene rings is 1. The Morgan fingerprint density at radius 2 is 1.62 bits per heavy atom. The van der Waals surface area contributed by atoms with Gasteiger partial charge in [-0.1, -0.05) is 18.2 Å². The van der Waals surface area contributed by atoms with Gasteiger partial charge in [0, 0.05) is 51.1 Å². The number of ether oxygens (including phenoxy) is 1. The molecular weight excluding hydrogens is 406 g/mol. The average Bonchev–Trinajstić information content (AvgIpc) is 3.14. The number of hydrogen-bond acceptors (Lipinski definition) is 4. The van der Waals surface area contributed by atoms with Crippen LogP contribution in [0.15, 0.2) is 18.2 Å². The second kappa shape index (κ2) is 9.92. The lowest BCUT2D eigenvalue weighted by Gasteiger charge is -2.36. The zero-order valence-electron chi connectivity index (χ0n) is 20.1. The highest BCUT2D eigenvalue weighted by atomic mass is 16.5. The van der Waals surface area contributed by atoms with E-state index in [1.54, 1.807) is 4.90 Å². The Bertz CT molecular complexity index is 833. The van der Waals surface area contributed by atoms with Crippen molar-refractivity contribution in [2.45, 2.75) is 59.4 Å². The molecule has 3 rings (SSSR count). The molecule has 2 heterocycles. The van der Waals surface area contributed by atoms with Crippen molar-refractivity contribution in [3.05, 3.63) is 29.3 Å². The van der Waals surface area contributed by atoms with Crippen molar-refractivity contribution in [2.24, 2.45) is 5.92 Å². The van der Waals surface area contributed by atoms with Crippen LogP contribution in [0.1, 0.15) is 51.2 Å². The highest BCUT2D eigenvalue weighted by Crippen LogP contribution is 2.27. The summed E-state index contributed by atoms with van der Waals surface area (Å²) in [5, 5.41) is 0. The van der Waals surface area contributed by atoms with Gasteiger partial charge in [-0.05, 0) is 52.2 Å². The zero-order valence-corrected chi connectivity index (χ0v) is 20.1. The van der Waals surface area contributed by atoms with E-state index in [1.807, 2.05) is 62.6 Å². The van der Waals surface area contributed by atoms with Crippen LogP contribution in [0.25, 0.3) is 0 Å². The third-order valence-corrected chi connectivity index (χ3v) is 6.42. The Morgan fingerprint density at radius 1 is 1.03 bits per heavy atom. The van der Waals surface area contributed by atoms with E-state index >= 15 is 0 Å². The van der Waals surface area contributed by atoms with Gasteiger partial charge < -0.3 is 19.4 Å². The molecular formula is C25H37N3O4.